The predicted molar refractivity (Wildman–Crippen MR) is 118 cm³/mol. The molecule has 0 radical (unpaired) electrons. The summed E-state index contributed by atoms with van der Waals surface area (Å²) in [6.07, 6.45) is 5.95. The topological polar surface area (TPSA) is 59.1 Å². The zero-order valence-electron chi connectivity index (χ0n) is 18.3. The zero-order valence-corrected chi connectivity index (χ0v) is 19.1. The number of benzene rings is 1. The predicted octanol–water partition coefficient (Wildman–Crippen LogP) is 3.63. The van der Waals surface area contributed by atoms with Crippen LogP contribution in [0.3, 0.4) is 0 Å². The molecule has 3 fully saturated rings. The van der Waals surface area contributed by atoms with E-state index in [0.29, 0.717) is 25.4 Å². The first kappa shape index (κ1) is 19.8. The normalized spacial score (nSPS) is 33.0. The number of rotatable bonds is 1. The van der Waals surface area contributed by atoms with Gasteiger partial charge in [-0.3, -0.25) is 9.59 Å². The van der Waals surface area contributed by atoms with E-state index in [1.807, 2.05) is 4.90 Å². The minimum absolute atomic E-state index is 0.0165. The van der Waals surface area contributed by atoms with Crippen LogP contribution in [0.2, 0.25) is 0 Å². The Morgan fingerprint density at radius 3 is 2.58 bits per heavy atom. The highest BCUT2D eigenvalue weighted by atomic mass is 32.2. The minimum atomic E-state index is -0.343. The van der Waals surface area contributed by atoms with Crippen molar-refractivity contribution in [3.63, 3.8) is 0 Å². The van der Waals surface area contributed by atoms with Gasteiger partial charge < -0.3 is 19.3 Å². The average Bonchev–Trinajstić information content (AvgIpc) is 3.46. The van der Waals surface area contributed by atoms with Gasteiger partial charge in [0, 0.05) is 24.1 Å². The van der Waals surface area contributed by atoms with Gasteiger partial charge in [0.05, 0.1) is 10.9 Å². The molecule has 3 atom stereocenters. The molecule has 1 aromatic carbocycles. The van der Waals surface area contributed by atoms with Gasteiger partial charge in [0.15, 0.2) is 11.5 Å². The van der Waals surface area contributed by atoms with E-state index in [4.69, 9.17) is 9.47 Å². The summed E-state index contributed by atoms with van der Waals surface area (Å²) in [7, 11) is 0. The van der Waals surface area contributed by atoms with E-state index >= 15 is 0 Å². The first-order valence-electron chi connectivity index (χ1n) is 11.6. The summed E-state index contributed by atoms with van der Waals surface area (Å²) in [5.74, 6) is 2.58. The van der Waals surface area contributed by atoms with E-state index in [0.717, 1.165) is 37.3 Å². The molecule has 0 aromatic heterocycles. The summed E-state index contributed by atoms with van der Waals surface area (Å²) in [5.41, 5.74) is 2.51. The molecule has 6 rings (SSSR count). The third-order valence-electron chi connectivity index (χ3n) is 8.25. The van der Waals surface area contributed by atoms with E-state index in [1.54, 1.807) is 11.8 Å². The highest BCUT2D eigenvalue weighted by Crippen LogP contribution is 2.53. The molecule has 4 heterocycles. The van der Waals surface area contributed by atoms with E-state index in [-0.39, 0.29) is 34.2 Å². The van der Waals surface area contributed by atoms with Gasteiger partial charge in [0.25, 0.3) is 0 Å². The molecule has 2 amide bonds. The Balaban J connectivity index is 1.39. The van der Waals surface area contributed by atoms with Crippen molar-refractivity contribution in [1.82, 2.24) is 9.80 Å². The van der Waals surface area contributed by atoms with Gasteiger partial charge in [-0.2, -0.15) is 0 Å². The van der Waals surface area contributed by atoms with Crippen molar-refractivity contribution >= 4 is 23.6 Å². The summed E-state index contributed by atoms with van der Waals surface area (Å²) >= 11 is 1.77. The summed E-state index contributed by atoms with van der Waals surface area (Å²) in [4.78, 5) is 30.4. The van der Waals surface area contributed by atoms with Crippen LogP contribution in [0.15, 0.2) is 12.1 Å². The number of amides is 2. The molecular weight excluding hydrogens is 412 g/mol. The molecule has 6 nitrogen and oxygen atoms in total. The van der Waals surface area contributed by atoms with Crippen LogP contribution in [-0.2, 0) is 15.0 Å². The second-order valence-electron chi connectivity index (χ2n) is 9.98. The monoisotopic (exact) mass is 442 g/mol. The number of ether oxygens (including phenoxy) is 2. The second-order valence-corrected chi connectivity index (χ2v) is 11.5. The highest BCUT2D eigenvalue weighted by Gasteiger charge is 2.55. The molecule has 1 aromatic rings. The van der Waals surface area contributed by atoms with Gasteiger partial charge in [-0.25, -0.2) is 0 Å². The molecule has 1 aliphatic carbocycles. The number of hydrogen-bond donors (Lipinski definition) is 0. The van der Waals surface area contributed by atoms with E-state index in [2.05, 4.69) is 30.9 Å². The molecule has 0 bridgehead atoms. The zero-order chi connectivity index (χ0) is 21.4. The maximum atomic E-state index is 13.9. The van der Waals surface area contributed by atoms with Gasteiger partial charge in [-0.05, 0) is 56.4 Å². The fourth-order valence-corrected chi connectivity index (χ4v) is 7.99. The molecular formula is C24H30N2O4S. The van der Waals surface area contributed by atoms with Gasteiger partial charge in [0.2, 0.25) is 11.8 Å². The molecule has 4 aliphatic heterocycles. The molecule has 31 heavy (non-hydrogen) atoms. The lowest BCUT2D eigenvalue weighted by molar-refractivity contribution is -0.146. The van der Waals surface area contributed by atoms with Crippen LogP contribution in [0.25, 0.3) is 0 Å². The Morgan fingerprint density at radius 2 is 1.84 bits per heavy atom. The lowest BCUT2D eigenvalue weighted by Gasteiger charge is -2.47. The van der Waals surface area contributed by atoms with Crippen LogP contribution in [0, 0.1) is 0 Å². The highest BCUT2D eigenvalue weighted by molar-refractivity contribution is 8.01. The van der Waals surface area contributed by atoms with E-state index in [1.165, 1.54) is 24.0 Å². The lowest BCUT2D eigenvalue weighted by atomic mass is 9.71. The quantitative estimate of drug-likeness (QED) is 0.665. The van der Waals surface area contributed by atoms with Gasteiger partial charge in [0.1, 0.15) is 19.3 Å². The number of fused-ring (bicyclic) bond motifs is 4. The number of thioether (sulfide) groups is 1. The third kappa shape index (κ3) is 2.77. The SMILES string of the molecule is CC1c2cc3c(cc2C2(CCCC2)CN1C(=O)C1CSC2(C)CCC(=O)N12)OCCO3. The van der Waals surface area contributed by atoms with Crippen LogP contribution in [-0.4, -0.2) is 58.0 Å². The molecule has 3 unspecified atom stereocenters. The summed E-state index contributed by atoms with van der Waals surface area (Å²) in [6, 6.07) is 3.92. The van der Waals surface area contributed by atoms with Crippen molar-refractivity contribution < 1.29 is 19.1 Å². The minimum Gasteiger partial charge on any atom is -0.486 e. The molecule has 1 spiro atoms. The molecule has 5 aliphatic rings. The van der Waals surface area contributed by atoms with Gasteiger partial charge in [-0.15, -0.1) is 11.8 Å². The summed E-state index contributed by atoms with van der Waals surface area (Å²) < 4.78 is 11.8. The van der Waals surface area contributed by atoms with Crippen molar-refractivity contribution in [2.75, 3.05) is 25.5 Å². The van der Waals surface area contributed by atoms with Crippen LogP contribution in [0.5, 0.6) is 11.5 Å². The lowest BCUT2D eigenvalue weighted by Crippen LogP contribution is -2.56. The smallest absolute Gasteiger partial charge is 0.246 e. The Morgan fingerprint density at radius 1 is 1.13 bits per heavy atom. The van der Waals surface area contributed by atoms with Crippen molar-refractivity contribution in [2.24, 2.45) is 0 Å². The van der Waals surface area contributed by atoms with E-state index in [9.17, 15) is 9.59 Å². The Hall–Kier alpha value is -1.89. The standard InChI is InChI=1S/C24H30N2O4S/c1-15-16-11-19-20(30-10-9-29-19)12-17(16)24(6-3-4-7-24)14-25(15)22(28)18-13-31-23(2)8-5-21(27)26(18)23/h11-12,15,18H,3-10,13-14H2,1-2H3. The summed E-state index contributed by atoms with van der Waals surface area (Å²) in [6.45, 7) is 6.12. The first-order chi connectivity index (χ1) is 14.9. The van der Waals surface area contributed by atoms with Crippen molar-refractivity contribution in [3.8, 4) is 11.5 Å². The van der Waals surface area contributed by atoms with Gasteiger partial charge in [-0.1, -0.05) is 12.8 Å². The second kappa shape index (κ2) is 6.80. The average molecular weight is 443 g/mol. The molecule has 1 saturated carbocycles. The number of carbonyl (C=O) groups excluding carboxylic acids is 2. The van der Waals surface area contributed by atoms with Crippen LogP contribution in [0.4, 0.5) is 0 Å². The first-order valence-corrected chi connectivity index (χ1v) is 12.6. The van der Waals surface area contributed by atoms with Crippen molar-refractivity contribution in [2.45, 2.75) is 74.7 Å². The van der Waals surface area contributed by atoms with Gasteiger partial charge >= 0.3 is 0 Å². The van der Waals surface area contributed by atoms with Crippen LogP contribution >= 0.6 is 11.8 Å². The van der Waals surface area contributed by atoms with Crippen LogP contribution in [0.1, 0.15) is 69.5 Å². The maximum absolute atomic E-state index is 13.9. The number of hydrogen-bond acceptors (Lipinski definition) is 5. The number of nitrogens with zero attached hydrogens (tertiary/aromatic N) is 2. The molecule has 0 N–H and O–H groups in total. The van der Waals surface area contributed by atoms with E-state index < -0.39 is 0 Å². The van der Waals surface area contributed by atoms with Crippen LogP contribution < -0.4 is 9.47 Å². The Kier molecular flexibility index (Phi) is 4.34. The Bertz CT molecular complexity index is 959. The molecule has 2 saturated heterocycles. The fourth-order valence-electron chi connectivity index (χ4n) is 6.57. The molecule has 166 valence electrons. The fraction of sp³-hybridized carbons (Fsp3) is 0.667. The molecule has 7 heteroatoms. The summed E-state index contributed by atoms with van der Waals surface area (Å²) in [5, 5.41) is 0. The third-order valence-corrected chi connectivity index (χ3v) is 9.76. The Labute approximate surface area is 187 Å². The maximum Gasteiger partial charge on any atom is 0.246 e. The van der Waals surface area contributed by atoms with Crippen molar-refractivity contribution in [1.29, 1.82) is 0 Å². The van der Waals surface area contributed by atoms with Crippen molar-refractivity contribution in [3.05, 3.63) is 23.3 Å². The number of carbonyl (C=O) groups is 2. The largest absolute Gasteiger partial charge is 0.486 e.